The van der Waals surface area contributed by atoms with Crippen molar-refractivity contribution < 1.29 is 14.3 Å². The summed E-state index contributed by atoms with van der Waals surface area (Å²) in [5, 5.41) is 2.95. The Morgan fingerprint density at radius 3 is 2.46 bits per heavy atom. The molecule has 0 bridgehead atoms. The van der Waals surface area contributed by atoms with Gasteiger partial charge in [0.1, 0.15) is 5.75 Å². The average Bonchev–Trinajstić information content (AvgIpc) is 3.63. The highest BCUT2D eigenvalue weighted by Gasteiger charge is 2.39. The first-order chi connectivity index (χ1) is 13.5. The fourth-order valence-electron chi connectivity index (χ4n) is 3.50. The van der Waals surface area contributed by atoms with E-state index in [-0.39, 0.29) is 17.7 Å². The summed E-state index contributed by atoms with van der Waals surface area (Å²) in [7, 11) is 1.64. The molecule has 0 spiro atoms. The first-order valence-electron chi connectivity index (χ1n) is 9.90. The molecule has 0 aliphatic heterocycles. The lowest BCUT2D eigenvalue weighted by atomic mass is 10.1. The number of hydrogen-bond donors (Lipinski definition) is 1. The van der Waals surface area contributed by atoms with Crippen molar-refractivity contribution in [2.24, 2.45) is 11.8 Å². The molecule has 1 N–H and O–H groups in total. The van der Waals surface area contributed by atoms with Crippen LogP contribution in [-0.4, -0.2) is 29.9 Å². The summed E-state index contributed by atoms with van der Waals surface area (Å²) >= 11 is 0. The lowest BCUT2D eigenvalue weighted by Crippen LogP contribution is -2.32. The van der Waals surface area contributed by atoms with Crippen LogP contribution in [-0.2, 0) is 11.3 Å². The summed E-state index contributed by atoms with van der Waals surface area (Å²) in [6, 6.07) is 15.4. The topological polar surface area (TPSA) is 58.6 Å². The maximum atomic E-state index is 13.2. The maximum absolute atomic E-state index is 13.2. The number of ether oxygens (including phenoxy) is 1. The highest BCUT2D eigenvalue weighted by molar-refractivity contribution is 5.98. The molecule has 28 heavy (non-hydrogen) atoms. The van der Waals surface area contributed by atoms with Gasteiger partial charge in [-0.1, -0.05) is 25.1 Å². The van der Waals surface area contributed by atoms with Crippen molar-refractivity contribution in [1.29, 1.82) is 0 Å². The first-order valence-corrected chi connectivity index (χ1v) is 9.90. The number of amides is 2. The number of methoxy groups -OCH3 is 1. The molecule has 2 aliphatic carbocycles. The first kappa shape index (κ1) is 18.5. The second kappa shape index (κ2) is 7.66. The van der Waals surface area contributed by atoms with Crippen LogP contribution in [0.25, 0.3) is 0 Å². The predicted molar refractivity (Wildman–Crippen MR) is 108 cm³/mol. The molecule has 5 nitrogen and oxygen atoms in total. The minimum Gasteiger partial charge on any atom is -0.497 e. The number of carbonyl (C=O) groups is 2. The molecule has 2 amide bonds. The zero-order chi connectivity index (χ0) is 19.7. The molecule has 2 aromatic rings. The number of anilines is 1. The van der Waals surface area contributed by atoms with Gasteiger partial charge in [0.25, 0.3) is 5.91 Å². The van der Waals surface area contributed by atoms with Gasteiger partial charge in [-0.15, -0.1) is 0 Å². The van der Waals surface area contributed by atoms with Gasteiger partial charge in [0, 0.05) is 29.8 Å². The van der Waals surface area contributed by atoms with Gasteiger partial charge in [0.2, 0.25) is 5.91 Å². The molecule has 2 atom stereocenters. The third-order valence-corrected chi connectivity index (χ3v) is 5.58. The summed E-state index contributed by atoms with van der Waals surface area (Å²) in [5.41, 5.74) is 2.38. The smallest absolute Gasteiger partial charge is 0.254 e. The van der Waals surface area contributed by atoms with Gasteiger partial charge in [-0.3, -0.25) is 9.59 Å². The highest BCUT2D eigenvalue weighted by atomic mass is 16.5. The molecule has 2 unspecified atom stereocenters. The van der Waals surface area contributed by atoms with Gasteiger partial charge in [-0.05, 0) is 61.1 Å². The van der Waals surface area contributed by atoms with E-state index < -0.39 is 0 Å². The zero-order valence-electron chi connectivity index (χ0n) is 16.4. The van der Waals surface area contributed by atoms with Gasteiger partial charge in [0.15, 0.2) is 0 Å². The maximum Gasteiger partial charge on any atom is 0.254 e. The molecule has 5 heteroatoms. The Hall–Kier alpha value is -2.82. The zero-order valence-corrected chi connectivity index (χ0v) is 16.4. The Bertz CT molecular complexity index is 874. The monoisotopic (exact) mass is 378 g/mol. The molecule has 0 heterocycles. The lowest BCUT2D eigenvalue weighted by Gasteiger charge is -2.23. The van der Waals surface area contributed by atoms with Gasteiger partial charge in [-0.25, -0.2) is 0 Å². The molecule has 0 radical (unpaired) electrons. The van der Waals surface area contributed by atoms with Crippen molar-refractivity contribution in [2.45, 2.75) is 38.8 Å². The Kier molecular flexibility index (Phi) is 5.07. The van der Waals surface area contributed by atoms with E-state index in [0.29, 0.717) is 29.8 Å². The largest absolute Gasteiger partial charge is 0.497 e. The molecule has 0 saturated heterocycles. The van der Waals surface area contributed by atoms with E-state index in [4.69, 9.17) is 4.74 Å². The van der Waals surface area contributed by atoms with E-state index >= 15 is 0 Å². The minimum absolute atomic E-state index is 0.00853. The van der Waals surface area contributed by atoms with Crippen molar-refractivity contribution in [3.05, 3.63) is 59.7 Å². The molecule has 2 aliphatic rings. The predicted octanol–water partition coefficient (Wildman–Crippen LogP) is 4.09. The Balaban J connectivity index is 1.47. The van der Waals surface area contributed by atoms with Crippen molar-refractivity contribution >= 4 is 17.5 Å². The summed E-state index contributed by atoms with van der Waals surface area (Å²) in [5.74, 6) is 1.43. The Labute approximate surface area is 165 Å². The molecular weight excluding hydrogens is 352 g/mol. The minimum atomic E-state index is 0.00853. The van der Waals surface area contributed by atoms with E-state index in [0.717, 1.165) is 30.6 Å². The lowest BCUT2D eigenvalue weighted by molar-refractivity contribution is -0.117. The normalized spacial score (nSPS) is 20.4. The van der Waals surface area contributed by atoms with Crippen LogP contribution in [0.15, 0.2) is 48.5 Å². The quantitative estimate of drug-likeness (QED) is 0.789. The molecule has 4 rings (SSSR count). The Morgan fingerprint density at radius 2 is 1.86 bits per heavy atom. The third-order valence-electron chi connectivity index (χ3n) is 5.58. The van der Waals surface area contributed by atoms with Gasteiger partial charge < -0.3 is 15.0 Å². The number of nitrogens with zero attached hydrogens (tertiary/aromatic N) is 1. The SMILES string of the molecule is COc1ccc(CN(C(=O)c2cccc(NC(=O)C3CC3C)c2)C2CC2)cc1. The number of rotatable bonds is 7. The van der Waals surface area contributed by atoms with Gasteiger partial charge >= 0.3 is 0 Å². The van der Waals surface area contributed by atoms with Crippen molar-refractivity contribution in [3.8, 4) is 5.75 Å². The van der Waals surface area contributed by atoms with E-state index in [1.807, 2.05) is 47.4 Å². The van der Waals surface area contributed by atoms with Gasteiger partial charge in [-0.2, -0.15) is 0 Å². The van der Waals surface area contributed by atoms with Crippen LogP contribution >= 0.6 is 0 Å². The molecule has 2 fully saturated rings. The number of benzene rings is 2. The van der Waals surface area contributed by atoms with Crippen LogP contribution in [0.5, 0.6) is 5.75 Å². The fourth-order valence-corrected chi connectivity index (χ4v) is 3.50. The van der Waals surface area contributed by atoms with Crippen LogP contribution in [0, 0.1) is 11.8 Å². The molecule has 0 aromatic heterocycles. The summed E-state index contributed by atoms with van der Waals surface area (Å²) in [4.78, 5) is 27.3. The van der Waals surface area contributed by atoms with E-state index in [1.165, 1.54) is 0 Å². The van der Waals surface area contributed by atoms with Crippen LogP contribution in [0.4, 0.5) is 5.69 Å². The standard InChI is InChI=1S/C23H26N2O3/c1-15-12-21(15)22(26)24-18-5-3-4-17(13-18)23(27)25(19-8-9-19)14-16-6-10-20(28-2)11-7-16/h3-7,10-11,13,15,19,21H,8-9,12,14H2,1-2H3,(H,24,26). The van der Waals surface area contributed by atoms with Crippen LogP contribution in [0.2, 0.25) is 0 Å². The van der Waals surface area contributed by atoms with Crippen molar-refractivity contribution in [3.63, 3.8) is 0 Å². The average molecular weight is 378 g/mol. The summed E-state index contributed by atoms with van der Waals surface area (Å²) in [6.07, 6.45) is 3.03. The second-order valence-corrected chi connectivity index (χ2v) is 7.90. The number of nitrogens with one attached hydrogen (secondary N) is 1. The summed E-state index contributed by atoms with van der Waals surface area (Å²) < 4.78 is 5.21. The molecule has 146 valence electrons. The van der Waals surface area contributed by atoms with Crippen molar-refractivity contribution in [2.75, 3.05) is 12.4 Å². The molecule has 2 aromatic carbocycles. The van der Waals surface area contributed by atoms with Crippen LogP contribution < -0.4 is 10.1 Å². The number of carbonyl (C=O) groups excluding carboxylic acids is 2. The fraction of sp³-hybridized carbons (Fsp3) is 0.391. The second-order valence-electron chi connectivity index (χ2n) is 7.90. The van der Waals surface area contributed by atoms with E-state index in [2.05, 4.69) is 12.2 Å². The van der Waals surface area contributed by atoms with Crippen LogP contribution in [0.1, 0.15) is 42.1 Å². The number of hydrogen-bond acceptors (Lipinski definition) is 3. The van der Waals surface area contributed by atoms with Crippen LogP contribution in [0.3, 0.4) is 0 Å². The van der Waals surface area contributed by atoms with Gasteiger partial charge in [0.05, 0.1) is 7.11 Å². The third kappa shape index (κ3) is 4.19. The highest BCUT2D eigenvalue weighted by Crippen LogP contribution is 2.38. The Morgan fingerprint density at radius 1 is 1.14 bits per heavy atom. The molecular formula is C23H26N2O3. The van der Waals surface area contributed by atoms with E-state index in [1.54, 1.807) is 13.2 Å². The van der Waals surface area contributed by atoms with Crippen molar-refractivity contribution in [1.82, 2.24) is 4.90 Å². The van der Waals surface area contributed by atoms with E-state index in [9.17, 15) is 9.59 Å². The summed E-state index contributed by atoms with van der Waals surface area (Å²) in [6.45, 7) is 2.65. The molecule has 2 saturated carbocycles.